The van der Waals surface area contributed by atoms with Gasteiger partial charge in [-0.25, -0.2) is 0 Å². The molecule has 0 heterocycles. The Balaban J connectivity index is 2.78. The van der Waals surface area contributed by atoms with Crippen molar-refractivity contribution in [1.82, 2.24) is 0 Å². The molecule has 0 amide bonds. The molecule has 5 heteroatoms. The molecule has 1 rings (SSSR count). The summed E-state index contributed by atoms with van der Waals surface area (Å²) in [4.78, 5) is 0. The van der Waals surface area contributed by atoms with E-state index in [0.717, 1.165) is 0 Å². The molecular weight excluding hydrogens is 234 g/mol. The van der Waals surface area contributed by atoms with Gasteiger partial charge in [-0.05, 0) is 26.0 Å². The molecule has 0 fully saturated rings. The third-order valence-corrected chi connectivity index (χ3v) is 2.23. The number of aliphatic hydroxyl groups is 1. The summed E-state index contributed by atoms with van der Waals surface area (Å²) < 4.78 is 16.3. The number of aliphatic hydroxyl groups excluding tert-OH is 1. The smallest absolute Gasteiger partial charge is 0.165 e. The molecule has 1 unspecified atom stereocenters. The Hall–Kier alpha value is -1.46. The Morgan fingerprint density at radius 1 is 1.11 bits per heavy atom. The molecule has 0 bridgehead atoms. The van der Waals surface area contributed by atoms with Gasteiger partial charge in [-0.2, -0.15) is 0 Å². The van der Waals surface area contributed by atoms with Crippen LogP contribution in [0.15, 0.2) is 18.2 Å². The molecule has 0 aliphatic heterocycles. The lowest BCUT2D eigenvalue weighted by Gasteiger charge is -2.15. The second kappa shape index (κ2) is 7.79. The van der Waals surface area contributed by atoms with Crippen LogP contribution in [0.25, 0.3) is 0 Å². The first-order valence-electron chi connectivity index (χ1n) is 6.11. The lowest BCUT2D eigenvalue weighted by atomic mass is 10.3. The molecule has 0 aromatic heterocycles. The normalized spacial score (nSPS) is 12.0. The van der Waals surface area contributed by atoms with E-state index in [1.165, 1.54) is 0 Å². The molecular formula is C13H21NO4. The maximum atomic E-state index is 9.39. The Kier molecular flexibility index (Phi) is 6.32. The number of ether oxygens (including phenoxy) is 3. The molecule has 102 valence electrons. The third kappa shape index (κ3) is 4.43. The Labute approximate surface area is 107 Å². The molecule has 0 saturated heterocycles. The molecule has 1 aromatic rings. The van der Waals surface area contributed by atoms with Gasteiger partial charge in [0, 0.05) is 12.6 Å². The molecule has 3 N–H and O–H groups in total. The van der Waals surface area contributed by atoms with Gasteiger partial charge in [0.1, 0.15) is 18.5 Å². The van der Waals surface area contributed by atoms with Gasteiger partial charge >= 0.3 is 0 Å². The minimum Gasteiger partial charge on any atom is -0.494 e. The van der Waals surface area contributed by atoms with E-state index in [0.29, 0.717) is 30.5 Å². The summed E-state index contributed by atoms with van der Waals surface area (Å²) in [6, 6.07) is 5.36. The first kappa shape index (κ1) is 14.6. The molecule has 0 aliphatic rings. The highest BCUT2D eigenvalue weighted by atomic mass is 16.5. The number of hydrogen-bond donors (Lipinski definition) is 2. The van der Waals surface area contributed by atoms with Crippen molar-refractivity contribution in [2.24, 2.45) is 5.73 Å². The van der Waals surface area contributed by atoms with Crippen molar-refractivity contribution in [3.63, 3.8) is 0 Å². The van der Waals surface area contributed by atoms with Crippen LogP contribution in [-0.2, 0) is 0 Å². The summed E-state index contributed by atoms with van der Waals surface area (Å²) in [6.07, 6.45) is -0.685. The summed E-state index contributed by atoms with van der Waals surface area (Å²) >= 11 is 0. The minimum absolute atomic E-state index is 0.131. The second-order valence-corrected chi connectivity index (χ2v) is 3.68. The van der Waals surface area contributed by atoms with Crippen LogP contribution in [0.2, 0.25) is 0 Å². The van der Waals surface area contributed by atoms with Gasteiger partial charge in [0.2, 0.25) is 0 Å². The van der Waals surface area contributed by atoms with Crippen LogP contribution in [0.5, 0.6) is 17.2 Å². The fraction of sp³-hybridized carbons (Fsp3) is 0.538. The SMILES string of the molecule is CCOc1ccc(OCC)c(OCC(O)CN)c1. The van der Waals surface area contributed by atoms with Gasteiger partial charge in [0.15, 0.2) is 11.5 Å². The minimum atomic E-state index is -0.685. The van der Waals surface area contributed by atoms with Crippen molar-refractivity contribution in [1.29, 1.82) is 0 Å². The number of rotatable bonds is 8. The van der Waals surface area contributed by atoms with E-state index in [1.54, 1.807) is 12.1 Å². The predicted octanol–water partition coefficient (Wildman–Crippen LogP) is 1.18. The van der Waals surface area contributed by atoms with E-state index in [1.807, 2.05) is 19.9 Å². The molecule has 0 aliphatic carbocycles. The van der Waals surface area contributed by atoms with E-state index < -0.39 is 6.10 Å². The zero-order valence-corrected chi connectivity index (χ0v) is 10.9. The fourth-order valence-electron chi connectivity index (χ4n) is 1.39. The van der Waals surface area contributed by atoms with Gasteiger partial charge in [-0.1, -0.05) is 0 Å². The molecule has 18 heavy (non-hydrogen) atoms. The molecule has 0 spiro atoms. The van der Waals surface area contributed by atoms with Crippen molar-refractivity contribution in [3.05, 3.63) is 18.2 Å². The van der Waals surface area contributed by atoms with Crippen molar-refractivity contribution >= 4 is 0 Å². The van der Waals surface area contributed by atoms with Crippen molar-refractivity contribution in [2.75, 3.05) is 26.4 Å². The average molecular weight is 255 g/mol. The van der Waals surface area contributed by atoms with Crippen LogP contribution < -0.4 is 19.9 Å². The average Bonchev–Trinajstić information content (AvgIpc) is 2.39. The standard InChI is InChI=1S/C13H21NO4/c1-3-16-11-5-6-12(17-4-2)13(7-11)18-9-10(15)8-14/h5-7,10,15H,3-4,8-9,14H2,1-2H3. The van der Waals surface area contributed by atoms with Gasteiger partial charge in [-0.15, -0.1) is 0 Å². The second-order valence-electron chi connectivity index (χ2n) is 3.68. The first-order valence-corrected chi connectivity index (χ1v) is 6.11. The van der Waals surface area contributed by atoms with Gasteiger partial charge in [0.25, 0.3) is 0 Å². The molecule has 5 nitrogen and oxygen atoms in total. The lowest BCUT2D eigenvalue weighted by molar-refractivity contribution is 0.111. The van der Waals surface area contributed by atoms with Crippen molar-refractivity contribution < 1.29 is 19.3 Å². The third-order valence-electron chi connectivity index (χ3n) is 2.23. The number of nitrogens with two attached hydrogens (primary N) is 1. The van der Waals surface area contributed by atoms with Gasteiger partial charge in [0.05, 0.1) is 13.2 Å². The Morgan fingerprint density at radius 3 is 2.44 bits per heavy atom. The predicted molar refractivity (Wildman–Crippen MR) is 69.3 cm³/mol. The molecule has 1 atom stereocenters. The fourth-order valence-corrected chi connectivity index (χ4v) is 1.39. The summed E-state index contributed by atoms with van der Waals surface area (Å²) in [5.41, 5.74) is 5.32. The zero-order chi connectivity index (χ0) is 13.4. The van der Waals surface area contributed by atoms with Gasteiger partial charge in [-0.3, -0.25) is 0 Å². The van der Waals surface area contributed by atoms with E-state index in [2.05, 4.69) is 0 Å². The zero-order valence-electron chi connectivity index (χ0n) is 10.9. The number of benzene rings is 1. The monoisotopic (exact) mass is 255 g/mol. The number of hydrogen-bond acceptors (Lipinski definition) is 5. The summed E-state index contributed by atoms with van der Waals surface area (Å²) in [7, 11) is 0. The lowest BCUT2D eigenvalue weighted by Crippen LogP contribution is -2.26. The maximum absolute atomic E-state index is 9.39. The first-order chi connectivity index (χ1) is 8.71. The van der Waals surface area contributed by atoms with Gasteiger partial charge < -0.3 is 25.1 Å². The van der Waals surface area contributed by atoms with E-state index in [4.69, 9.17) is 19.9 Å². The molecule has 0 radical (unpaired) electrons. The highest BCUT2D eigenvalue weighted by molar-refractivity contribution is 5.45. The quantitative estimate of drug-likeness (QED) is 0.729. The molecule has 1 aromatic carbocycles. The van der Waals surface area contributed by atoms with Crippen molar-refractivity contribution in [3.8, 4) is 17.2 Å². The van der Waals surface area contributed by atoms with Crippen LogP contribution in [0, 0.1) is 0 Å². The topological polar surface area (TPSA) is 73.9 Å². The highest BCUT2D eigenvalue weighted by Crippen LogP contribution is 2.31. The van der Waals surface area contributed by atoms with Crippen molar-refractivity contribution in [2.45, 2.75) is 20.0 Å². The van der Waals surface area contributed by atoms with Crippen LogP contribution in [0.3, 0.4) is 0 Å². The summed E-state index contributed by atoms with van der Waals surface area (Å²) in [5.74, 6) is 1.89. The largest absolute Gasteiger partial charge is 0.494 e. The van der Waals surface area contributed by atoms with E-state index in [9.17, 15) is 5.11 Å². The van der Waals surface area contributed by atoms with Crippen LogP contribution in [-0.4, -0.2) is 37.6 Å². The summed E-state index contributed by atoms with van der Waals surface area (Å²) in [6.45, 7) is 5.23. The van der Waals surface area contributed by atoms with E-state index >= 15 is 0 Å². The highest BCUT2D eigenvalue weighted by Gasteiger charge is 2.09. The van der Waals surface area contributed by atoms with Crippen LogP contribution in [0.1, 0.15) is 13.8 Å². The van der Waals surface area contributed by atoms with E-state index in [-0.39, 0.29) is 13.2 Å². The van der Waals surface area contributed by atoms with Crippen LogP contribution >= 0.6 is 0 Å². The Morgan fingerprint density at radius 2 is 1.83 bits per heavy atom. The molecule has 0 saturated carbocycles. The summed E-state index contributed by atoms with van der Waals surface area (Å²) in [5, 5.41) is 9.39. The van der Waals surface area contributed by atoms with Crippen LogP contribution in [0.4, 0.5) is 0 Å². The Bertz CT molecular complexity index is 357. The maximum Gasteiger partial charge on any atom is 0.165 e.